The second kappa shape index (κ2) is 8.39. The molecule has 0 aliphatic heterocycles. The Balaban J connectivity index is 1.33. The Morgan fingerprint density at radius 3 is 2.75 bits per heavy atom. The standard InChI is InChI=1S/C21H23N7/c1-22-21(23-12-11-16-13-24-19-10-6-5-9-18(16)19)25-14-20-27-26-15-28(20)17-7-3-2-4-8-17/h2-10,13,15,24H,11-12,14H2,1H3,(H2,22,23,25). The zero-order valence-electron chi connectivity index (χ0n) is 15.8. The van der Waals surface area contributed by atoms with Crippen molar-refractivity contribution in [1.29, 1.82) is 0 Å². The monoisotopic (exact) mass is 373 g/mol. The van der Waals surface area contributed by atoms with Crippen molar-refractivity contribution < 1.29 is 0 Å². The molecule has 2 heterocycles. The van der Waals surface area contributed by atoms with Crippen molar-refractivity contribution in [3.8, 4) is 5.69 Å². The zero-order chi connectivity index (χ0) is 19.2. The summed E-state index contributed by atoms with van der Waals surface area (Å²) in [5, 5.41) is 16.2. The normalized spacial score (nSPS) is 11.7. The number of aliphatic imine (C=N–C) groups is 1. The predicted octanol–water partition coefficient (Wildman–Crippen LogP) is 2.66. The van der Waals surface area contributed by atoms with Crippen LogP contribution in [0.2, 0.25) is 0 Å². The van der Waals surface area contributed by atoms with Crippen LogP contribution < -0.4 is 10.6 Å². The Labute approximate surface area is 163 Å². The Bertz CT molecular complexity index is 1060. The Morgan fingerprint density at radius 1 is 1.07 bits per heavy atom. The Hall–Kier alpha value is -3.61. The molecule has 142 valence electrons. The number of guanidine groups is 1. The van der Waals surface area contributed by atoms with Crippen molar-refractivity contribution in [3.63, 3.8) is 0 Å². The molecule has 28 heavy (non-hydrogen) atoms. The number of aromatic amines is 1. The van der Waals surface area contributed by atoms with E-state index in [-0.39, 0.29) is 0 Å². The number of nitrogens with zero attached hydrogens (tertiary/aromatic N) is 4. The van der Waals surface area contributed by atoms with E-state index in [4.69, 9.17) is 0 Å². The first-order valence-electron chi connectivity index (χ1n) is 9.29. The highest BCUT2D eigenvalue weighted by atomic mass is 15.3. The molecule has 0 radical (unpaired) electrons. The molecule has 0 unspecified atom stereocenters. The lowest BCUT2D eigenvalue weighted by molar-refractivity contribution is 0.750. The van der Waals surface area contributed by atoms with Crippen LogP contribution in [0.1, 0.15) is 11.4 Å². The second-order valence-corrected chi connectivity index (χ2v) is 6.41. The quantitative estimate of drug-likeness (QED) is 0.358. The summed E-state index contributed by atoms with van der Waals surface area (Å²) in [5.74, 6) is 1.56. The third-order valence-corrected chi connectivity index (χ3v) is 4.65. The van der Waals surface area contributed by atoms with Crippen LogP contribution in [0, 0.1) is 0 Å². The molecule has 4 rings (SSSR count). The molecule has 0 aliphatic carbocycles. The number of H-pyrrole nitrogens is 1. The van der Waals surface area contributed by atoms with Crippen molar-refractivity contribution in [3.05, 3.63) is 78.5 Å². The van der Waals surface area contributed by atoms with Gasteiger partial charge in [-0.25, -0.2) is 0 Å². The topological polar surface area (TPSA) is 82.9 Å². The summed E-state index contributed by atoms with van der Waals surface area (Å²) in [4.78, 5) is 7.61. The van der Waals surface area contributed by atoms with Crippen LogP contribution in [0.5, 0.6) is 0 Å². The fraction of sp³-hybridized carbons (Fsp3) is 0.190. The average molecular weight is 373 g/mol. The number of aromatic nitrogens is 4. The van der Waals surface area contributed by atoms with Gasteiger partial charge < -0.3 is 15.6 Å². The van der Waals surface area contributed by atoms with Crippen molar-refractivity contribution in [2.45, 2.75) is 13.0 Å². The van der Waals surface area contributed by atoms with Gasteiger partial charge in [0.15, 0.2) is 11.8 Å². The van der Waals surface area contributed by atoms with Gasteiger partial charge in [-0.15, -0.1) is 10.2 Å². The summed E-state index contributed by atoms with van der Waals surface area (Å²) in [6, 6.07) is 18.4. The van der Waals surface area contributed by atoms with Gasteiger partial charge in [0.1, 0.15) is 6.33 Å². The molecule has 0 bridgehead atoms. The maximum absolute atomic E-state index is 4.30. The molecule has 4 aromatic rings. The molecule has 0 aliphatic rings. The van der Waals surface area contributed by atoms with E-state index in [0.29, 0.717) is 6.54 Å². The van der Waals surface area contributed by atoms with Crippen LogP contribution in [-0.2, 0) is 13.0 Å². The SMILES string of the molecule is CN=C(NCCc1c[nH]c2ccccc12)NCc1nncn1-c1ccccc1. The number of hydrogen-bond acceptors (Lipinski definition) is 3. The van der Waals surface area contributed by atoms with E-state index in [2.05, 4.69) is 55.2 Å². The lowest BCUT2D eigenvalue weighted by Gasteiger charge is -2.12. The van der Waals surface area contributed by atoms with Gasteiger partial charge in [-0.2, -0.15) is 0 Å². The van der Waals surface area contributed by atoms with Crippen LogP contribution >= 0.6 is 0 Å². The highest BCUT2D eigenvalue weighted by molar-refractivity contribution is 5.83. The molecule has 0 spiro atoms. The maximum atomic E-state index is 4.30. The highest BCUT2D eigenvalue weighted by Crippen LogP contribution is 2.17. The van der Waals surface area contributed by atoms with Crippen molar-refractivity contribution in [2.24, 2.45) is 4.99 Å². The zero-order valence-corrected chi connectivity index (χ0v) is 15.8. The number of rotatable bonds is 6. The molecule has 0 saturated carbocycles. The third kappa shape index (κ3) is 3.88. The largest absolute Gasteiger partial charge is 0.361 e. The summed E-state index contributed by atoms with van der Waals surface area (Å²) >= 11 is 0. The Kier molecular flexibility index (Phi) is 5.33. The van der Waals surface area contributed by atoms with Crippen LogP contribution in [-0.4, -0.2) is 39.3 Å². The first-order valence-corrected chi connectivity index (χ1v) is 9.29. The van der Waals surface area contributed by atoms with Gasteiger partial charge in [0, 0.05) is 36.4 Å². The van der Waals surface area contributed by atoms with E-state index >= 15 is 0 Å². The predicted molar refractivity (Wildman–Crippen MR) is 112 cm³/mol. The van der Waals surface area contributed by atoms with E-state index in [9.17, 15) is 0 Å². The third-order valence-electron chi connectivity index (χ3n) is 4.65. The number of fused-ring (bicyclic) bond motifs is 1. The van der Waals surface area contributed by atoms with Gasteiger partial charge in [-0.3, -0.25) is 9.56 Å². The molecule has 0 fully saturated rings. The van der Waals surface area contributed by atoms with E-state index in [1.165, 1.54) is 16.5 Å². The van der Waals surface area contributed by atoms with E-state index < -0.39 is 0 Å². The average Bonchev–Trinajstić information content (AvgIpc) is 3.38. The van der Waals surface area contributed by atoms with E-state index in [1.807, 2.05) is 41.0 Å². The van der Waals surface area contributed by atoms with E-state index in [0.717, 1.165) is 30.4 Å². The summed E-state index contributed by atoms with van der Waals surface area (Å²) in [7, 11) is 1.77. The first kappa shape index (κ1) is 17.8. The minimum Gasteiger partial charge on any atom is -0.361 e. The van der Waals surface area contributed by atoms with Gasteiger partial charge in [0.25, 0.3) is 0 Å². The molecule has 0 saturated heterocycles. The van der Waals surface area contributed by atoms with Gasteiger partial charge in [0.2, 0.25) is 0 Å². The molecule has 7 heteroatoms. The maximum Gasteiger partial charge on any atom is 0.191 e. The van der Waals surface area contributed by atoms with Crippen LogP contribution in [0.3, 0.4) is 0 Å². The van der Waals surface area contributed by atoms with Crippen LogP contribution in [0.4, 0.5) is 0 Å². The van der Waals surface area contributed by atoms with Crippen molar-refractivity contribution in [1.82, 2.24) is 30.4 Å². The van der Waals surface area contributed by atoms with Gasteiger partial charge in [-0.05, 0) is 30.2 Å². The summed E-state index contributed by atoms with van der Waals surface area (Å²) < 4.78 is 1.96. The lowest BCUT2D eigenvalue weighted by atomic mass is 10.1. The van der Waals surface area contributed by atoms with Crippen LogP contribution in [0.25, 0.3) is 16.6 Å². The number of hydrogen-bond donors (Lipinski definition) is 3. The summed E-state index contributed by atoms with van der Waals surface area (Å²) in [5.41, 5.74) is 3.49. The minimum atomic E-state index is 0.529. The van der Waals surface area contributed by atoms with Gasteiger partial charge >= 0.3 is 0 Å². The minimum absolute atomic E-state index is 0.529. The molecular weight excluding hydrogens is 350 g/mol. The molecule has 3 N–H and O–H groups in total. The first-order chi connectivity index (χ1) is 13.8. The second-order valence-electron chi connectivity index (χ2n) is 6.41. The summed E-state index contributed by atoms with van der Waals surface area (Å²) in [6.45, 7) is 1.31. The van der Waals surface area contributed by atoms with Gasteiger partial charge in [-0.1, -0.05) is 36.4 Å². The van der Waals surface area contributed by atoms with E-state index in [1.54, 1.807) is 13.4 Å². The molecule has 0 amide bonds. The fourth-order valence-electron chi connectivity index (χ4n) is 3.22. The molecule has 2 aromatic carbocycles. The van der Waals surface area contributed by atoms with Gasteiger partial charge in [0.05, 0.1) is 6.54 Å². The molecule has 2 aromatic heterocycles. The number of nitrogens with one attached hydrogen (secondary N) is 3. The van der Waals surface area contributed by atoms with Crippen molar-refractivity contribution in [2.75, 3.05) is 13.6 Å². The van der Waals surface area contributed by atoms with Crippen molar-refractivity contribution >= 4 is 16.9 Å². The summed E-state index contributed by atoms with van der Waals surface area (Å²) in [6.07, 6.45) is 4.70. The fourth-order valence-corrected chi connectivity index (χ4v) is 3.22. The highest BCUT2D eigenvalue weighted by Gasteiger charge is 2.08. The number of benzene rings is 2. The molecule has 0 atom stereocenters. The van der Waals surface area contributed by atoms with Crippen LogP contribution in [0.15, 0.2) is 72.1 Å². The molecular formula is C21H23N7. The lowest BCUT2D eigenvalue weighted by Crippen LogP contribution is -2.38. The Morgan fingerprint density at radius 2 is 1.89 bits per heavy atom. The number of para-hydroxylation sites is 2. The smallest absolute Gasteiger partial charge is 0.191 e. The molecule has 7 nitrogen and oxygen atoms in total.